The maximum Gasteiger partial charge on any atom is 0.475 e. The second kappa shape index (κ2) is 1.87. The minimum absolute atomic E-state index is 0.954. The van der Waals surface area contributed by atoms with Crippen LogP contribution in [0.3, 0.4) is 0 Å². The molecule has 4 heavy (non-hydrogen) atoms. The van der Waals surface area contributed by atoms with Gasteiger partial charge in [0.25, 0.3) is 0 Å². The van der Waals surface area contributed by atoms with E-state index in [1.54, 1.807) is 0 Å². The summed E-state index contributed by atoms with van der Waals surface area (Å²) in [7, 11) is 6.02. The minimum Gasteiger partial charge on any atom is -0.146 e. The molecule has 2 atom stereocenters. The second-order valence-electron chi connectivity index (χ2n) is 0.407. The minimum atomic E-state index is -0.954. The molecule has 0 bridgehead atoms. The Morgan fingerprint density at radius 2 is 2.00 bits per heavy atom. The zero-order chi connectivity index (χ0) is 3.58. The highest BCUT2D eigenvalue weighted by Gasteiger charge is 1.76. The van der Waals surface area contributed by atoms with Crippen LogP contribution in [0, 0.1) is 5.16 Å². The SMILES string of the molecule is [B][P+](=N)P. The highest BCUT2D eigenvalue weighted by Crippen LogP contribution is 2.22. The lowest BCUT2D eigenvalue weighted by Crippen LogP contribution is -1.21. The number of rotatable bonds is 0. The molecule has 2 unspecified atom stereocenters. The van der Waals surface area contributed by atoms with Crippen LogP contribution < -0.4 is 0 Å². The zero-order valence-electron chi connectivity index (χ0n) is 2.10. The first-order valence-electron chi connectivity index (χ1n) is 0.740. The summed E-state index contributed by atoms with van der Waals surface area (Å²) < 4.78 is 0. The predicted octanol–water partition coefficient (Wildman–Crippen LogP) is 1.10. The van der Waals surface area contributed by atoms with E-state index in [1.807, 2.05) is 0 Å². The van der Waals surface area contributed by atoms with Gasteiger partial charge in [-0.15, -0.1) is 5.16 Å². The molecule has 0 saturated heterocycles. The Morgan fingerprint density at radius 3 is 2.00 bits per heavy atom. The summed E-state index contributed by atoms with van der Waals surface area (Å²) in [5, 5.41) is 6.39. The highest BCUT2D eigenvalue weighted by molar-refractivity contribution is 8.19. The third kappa shape index (κ3) is 18.6. The molecule has 0 spiro atoms. The fourth-order valence-corrected chi connectivity index (χ4v) is 0. The smallest absolute Gasteiger partial charge is 0.146 e. The van der Waals surface area contributed by atoms with Crippen molar-refractivity contribution < 1.29 is 0 Å². The maximum absolute atomic E-state index is 6.39. The van der Waals surface area contributed by atoms with E-state index in [0.29, 0.717) is 0 Å². The van der Waals surface area contributed by atoms with Crippen LogP contribution in [-0.2, 0) is 0 Å². The molecule has 0 aromatic carbocycles. The van der Waals surface area contributed by atoms with Gasteiger partial charge in [-0.3, -0.25) is 0 Å². The van der Waals surface area contributed by atoms with Crippen LogP contribution in [0.15, 0.2) is 0 Å². The topological polar surface area (TPSA) is 23.9 Å². The van der Waals surface area contributed by atoms with Crippen LogP contribution in [0.25, 0.3) is 0 Å². The van der Waals surface area contributed by atoms with Gasteiger partial charge in [0, 0.05) is 0 Å². The maximum atomic E-state index is 6.39. The van der Waals surface area contributed by atoms with Crippen molar-refractivity contribution in [2.45, 2.75) is 0 Å². The van der Waals surface area contributed by atoms with Gasteiger partial charge in [0.1, 0.15) is 7.28 Å². The van der Waals surface area contributed by atoms with Crippen LogP contribution in [-0.4, -0.2) is 7.57 Å². The van der Waals surface area contributed by atoms with Crippen molar-refractivity contribution in [3.05, 3.63) is 0 Å². The molecule has 1 nitrogen and oxygen atoms in total. The van der Waals surface area contributed by atoms with Crippen molar-refractivity contribution in [1.82, 2.24) is 0 Å². The zero-order valence-corrected chi connectivity index (χ0v) is 4.15. The van der Waals surface area contributed by atoms with E-state index in [1.165, 1.54) is 0 Å². The van der Waals surface area contributed by atoms with Crippen molar-refractivity contribution in [2.75, 3.05) is 0 Å². The lowest BCUT2D eigenvalue weighted by molar-refractivity contribution is 1.65. The summed E-state index contributed by atoms with van der Waals surface area (Å²) in [6.07, 6.45) is 0. The Morgan fingerprint density at radius 1 is 2.00 bits per heavy atom. The number of hydrogen-bond acceptors (Lipinski definition) is 1. The van der Waals surface area contributed by atoms with E-state index in [-0.39, 0.29) is 0 Å². The summed E-state index contributed by atoms with van der Waals surface area (Å²) in [5.74, 6) is 0. The van der Waals surface area contributed by atoms with E-state index in [0.717, 1.165) is 0 Å². The largest absolute Gasteiger partial charge is 0.475 e. The monoisotopic (exact) mass is 90.0 g/mol. The molecule has 0 rings (SSSR count). The molecule has 1 N–H and O–H groups in total. The average molecular weight is 89.8 g/mol. The Labute approximate surface area is 29.9 Å². The third-order valence-corrected chi connectivity index (χ3v) is 0. The number of hydrogen-bond donors (Lipinski definition) is 1. The number of nitrogens with one attached hydrogen (secondary N) is 1. The van der Waals surface area contributed by atoms with Gasteiger partial charge in [-0.05, 0) is 0 Å². The van der Waals surface area contributed by atoms with Crippen molar-refractivity contribution in [3.63, 3.8) is 0 Å². The van der Waals surface area contributed by atoms with Crippen LogP contribution in [0.4, 0.5) is 0 Å². The van der Waals surface area contributed by atoms with E-state index >= 15 is 0 Å². The van der Waals surface area contributed by atoms with Crippen LogP contribution in [0.5, 0.6) is 0 Å². The molecule has 0 fully saturated rings. The molecule has 0 aliphatic heterocycles. The Hall–Kier alpha value is 0.595. The molecule has 4 heteroatoms. The van der Waals surface area contributed by atoms with E-state index in [2.05, 4.69) is 8.93 Å². The molecular weight excluding hydrogens is 86.8 g/mol. The fourth-order valence-electron chi connectivity index (χ4n) is 0. The molecule has 0 aromatic heterocycles. The summed E-state index contributed by atoms with van der Waals surface area (Å²) in [5.41, 5.74) is 0. The van der Waals surface area contributed by atoms with Gasteiger partial charge >= 0.3 is 7.57 Å². The molecular formula is H3BNP2+. The van der Waals surface area contributed by atoms with Gasteiger partial charge in [0.05, 0.1) is 8.93 Å². The molecule has 0 saturated carbocycles. The van der Waals surface area contributed by atoms with E-state index in [9.17, 15) is 0 Å². The van der Waals surface area contributed by atoms with Crippen molar-refractivity contribution in [1.29, 1.82) is 5.16 Å². The van der Waals surface area contributed by atoms with Crippen LogP contribution in [0.2, 0.25) is 0 Å². The van der Waals surface area contributed by atoms with E-state index < -0.39 is 7.28 Å². The lowest BCUT2D eigenvalue weighted by Gasteiger charge is -1.44. The van der Waals surface area contributed by atoms with Crippen molar-refractivity contribution in [2.24, 2.45) is 0 Å². The molecule has 0 aliphatic rings. The first-order valence-corrected chi connectivity index (χ1v) is 3.77. The Bertz CT molecular complexity index is 29.0. The first-order chi connectivity index (χ1) is 1.73. The van der Waals surface area contributed by atoms with Gasteiger partial charge in [-0.2, -0.15) is 0 Å². The van der Waals surface area contributed by atoms with Gasteiger partial charge < -0.3 is 0 Å². The summed E-state index contributed by atoms with van der Waals surface area (Å²) in [4.78, 5) is 0. The average Bonchev–Trinajstić information content (AvgIpc) is 0.811. The van der Waals surface area contributed by atoms with Crippen LogP contribution in [0.1, 0.15) is 0 Å². The van der Waals surface area contributed by atoms with Crippen molar-refractivity contribution in [3.8, 4) is 0 Å². The molecule has 20 valence electrons. The standard InChI is InChI=1S/BH3NP2/c1-4(2)3/h2H,3H2/q+1. The molecule has 0 aromatic rings. The van der Waals surface area contributed by atoms with Gasteiger partial charge in [0.2, 0.25) is 0 Å². The Balaban J connectivity index is 2.80. The van der Waals surface area contributed by atoms with E-state index in [4.69, 9.17) is 12.7 Å². The summed E-state index contributed by atoms with van der Waals surface area (Å²) >= 11 is 0. The second-order valence-corrected chi connectivity index (χ2v) is 2.89. The molecule has 0 heterocycles. The van der Waals surface area contributed by atoms with Crippen molar-refractivity contribution >= 4 is 23.8 Å². The Kier molecular flexibility index (Phi) is 2.15. The van der Waals surface area contributed by atoms with Gasteiger partial charge in [0.15, 0.2) is 0 Å². The third-order valence-electron chi connectivity index (χ3n) is 0. The van der Waals surface area contributed by atoms with Gasteiger partial charge in [-0.25, -0.2) is 0 Å². The normalized spacial score (nSPS) is 10.8. The highest BCUT2D eigenvalue weighted by atomic mass is 32.0. The molecule has 2 radical (unpaired) electrons. The quantitative estimate of drug-likeness (QED) is 0.340. The summed E-state index contributed by atoms with van der Waals surface area (Å²) in [6, 6.07) is 0. The molecule has 0 aliphatic carbocycles. The molecule has 0 amide bonds. The summed E-state index contributed by atoms with van der Waals surface area (Å²) in [6.45, 7) is 0. The lowest BCUT2D eigenvalue weighted by atomic mass is 10.8. The van der Waals surface area contributed by atoms with Crippen LogP contribution >= 0.6 is 16.2 Å². The predicted molar refractivity (Wildman–Crippen MR) is 25.1 cm³/mol. The van der Waals surface area contributed by atoms with Gasteiger partial charge in [-0.1, -0.05) is 0 Å². The first kappa shape index (κ1) is 4.59. The fraction of sp³-hybridized carbons (Fsp3) is 0.